The Hall–Kier alpha value is -1.77. The Morgan fingerprint density at radius 1 is 1.03 bits per heavy atom. The zero-order chi connectivity index (χ0) is 25.1. The highest BCUT2D eigenvalue weighted by molar-refractivity contribution is 5.82. The van der Waals surface area contributed by atoms with Crippen molar-refractivity contribution in [2.45, 2.75) is 105 Å². The Bertz CT molecular complexity index is 1120. The molecule has 5 rings (SSSR count). The first kappa shape index (κ1) is 21.7. The molecule has 0 saturated heterocycles. The fraction of sp³-hybridized carbons (Fsp3) is 0.700. The summed E-state index contributed by atoms with van der Waals surface area (Å²) >= 11 is 0. The van der Waals surface area contributed by atoms with Crippen molar-refractivity contribution in [1.82, 2.24) is 0 Å². The number of aromatic hydroxyl groups is 2. The molecule has 33 heavy (non-hydrogen) atoms. The Labute approximate surface area is 201 Å². The van der Waals surface area contributed by atoms with Crippen molar-refractivity contribution in [2.24, 2.45) is 27.6 Å². The van der Waals surface area contributed by atoms with Gasteiger partial charge in [0.15, 0.2) is 11.5 Å². The summed E-state index contributed by atoms with van der Waals surface area (Å²) in [6.45, 7) is 15.5. The third-order valence-electron chi connectivity index (χ3n) is 11.7. The van der Waals surface area contributed by atoms with Gasteiger partial charge in [-0.2, -0.15) is 0 Å². The van der Waals surface area contributed by atoms with Crippen LogP contribution >= 0.6 is 0 Å². The number of hydrogen-bond acceptors (Lipinski definition) is 3. The first-order chi connectivity index (χ1) is 15.6. The van der Waals surface area contributed by atoms with Gasteiger partial charge in [0.25, 0.3) is 0 Å². The molecule has 0 bridgehead atoms. The molecule has 1 unspecified atom stereocenters. The first-order valence-electron chi connectivity index (χ1n) is 13.4. The lowest BCUT2D eigenvalue weighted by atomic mass is 9.34. The summed E-state index contributed by atoms with van der Waals surface area (Å²) in [7, 11) is 0. The second-order valence-electron chi connectivity index (χ2n) is 13.2. The van der Waals surface area contributed by atoms with Crippen LogP contribution in [0.3, 0.4) is 0 Å². The van der Waals surface area contributed by atoms with Crippen molar-refractivity contribution in [3.8, 4) is 11.5 Å². The number of carbonyl (C=O) groups excluding carboxylic acids is 1. The van der Waals surface area contributed by atoms with Gasteiger partial charge >= 0.3 is 0 Å². The predicted octanol–water partition coefficient (Wildman–Crippen LogP) is 7.15. The zero-order valence-electron chi connectivity index (χ0n) is 22.6. The Kier molecular flexibility index (Phi) is 4.39. The predicted molar refractivity (Wildman–Crippen MR) is 133 cm³/mol. The van der Waals surface area contributed by atoms with E-state index in [1.165, 1.54) is 5.57 Å². The highest BCUT2D eigenvalue weighted by atomic mass is 16.3. The molecule has 2 N–H and O–H groups in total. The van der Waals surface area contributed by atoms with Crippen LogP contribution in [-0.4, -0.2) is 16.0 Å². The summed E-state index contributed by atoms with van der Waals surface area (Å²) in [5.41, 5.74) is 3.59. The average molecular weight is 452 g/mol. The van der Waals surface area contributed by atoms with Crippen LogP contribution in [0, 0.1) is 34.5 Å². The molecule has 180 valence electrons. The van der Waals surface area contributed by atoms with Crippen molar-refractivity contribution in [1.29, 1.82) is 0 Å². The van der Waals surface area contributed by atoms with Crippen LogP contribution in [0.15, 0.2) is 17.7 Å². The van der Waals surface area contributed by atoms with Gasteiger partial charge in [-0.25, -0.2) is 0 Å². The SMILES string of the molecule is [2H]C1C=C2[C@@](C)(CC[C@@]3(C)[C@@H]4C[C@](C)(C(C)=O)CC[C@]4(C)CC[C@]23C)c2cc(O)c(O)c(C)c21. The van der Waals surface area contributed by atoms with Crippen molar-refractivity contribution in [3.63, 3.8) is 0 Å². The second-order valence-corrected chi connectivity index (χ2v) is 13.2. The van der Waals surface area contributed by atoms with Crippen molar-refractivity contribution >= 4 is 5.78 Å². The average Bonchev–Trinajstić information content (AvgIpc) is 2.77. The minimum absolute atomic E-state index is 0.0493. The Balaban J connectivity index is 1.66. The lowest BCUT2D eigenvalue weighted by molar-refractivity contribution is -0.165. The number of fused-ring (bicyclic) bond motifs is 7. The maximum absolute atomic E-state index is 12.7. The third kappa shape index (κ3) is 2.71. The van der Waals surface area contributed by atoms with Gasteiger partial charge in [-0.3, -0.25) is 4.79 Å². The summed E-state index contributed by atoms with van der Waals surface area (Å²) < 4.78 is 9.05. The van der Waals surface area contributed by atoms with Gasteiger partial charge in [0, 0.05) is 12.2 Å². The van der Waals surface area contributed by atoms with Gasteiger partial charge in [-0.1, -0.05) is 46.3 Å². The number of rotatable bonds is 1. The van der Waals surface area contributed by atoms with E-state index >= 15 is 0 Å². The van der Waals surface area contributed by atoms with E-state index in [-0.39, 0.29) is 38.6 Å². The Morgan fingerprint density at radius 3 is 2.36 bits per heavy atom. The van der Waals surface area contributed by atoms with Crippen molar-refractivity contribution in [3.05, 3.63) is 34.4 Å². The molecule has 0 heterocycles. The van der Waals surface area contributed by atoms with Gasteiger partial charge in [0.05, 0.1) is 0 Å². The summed E-state index contributed by atoms with van der Waals surface area (Å²) in [6.07, 6.45) is 8.97. The molecule has 3 fully saturated rings. The van der Waals surface area contributed by atoms with Crippen LogP contribution in [0.4, 0.5) is 0 Å². The minimum Gasteiger partial charge on any atom is -0.504 e. The molecule has 7 atom stereocenters. The molecular weight excluding hydrogens is 408 g/mol. The first-order valence-corrected chi connectivity index (χ1v) is 12.8. The minimum atomic E-state index is -0.550. The fourth-order valence-corrected chi connectivity index (χ4v) is 8.79. The highest BCUT2D eigenvalue weighted by Gasteiger charge is 2.66. The van der Waals surface area contributed by atoms with Gasteiger partial charge in [-0.15, -0.1) is 0 Å². The summed E-state index contributed by atoms with van der Waals surface area (Å²) in [4.78, 5) is 12.7. The van der Waals surface area contributed by atoms with E-state index in [1.807, 2.05) is 6.92 Å². The smallest absolute Gasteiger partial charge is 0.160 e. The molecule has 0 aliphatic heterocycles. The van der Waals surface area contributed by atoms with E-state index in [0.29, 0.717) is 17.3 Å². The van der Waals surface area contributed by atoms with Crippen LogP contribution in [0.5, 0.6) is 11.5 Å². The standard InChI is InChI=1S/C30H42O3/c1-18-20-8-9-23-28(5,21(20)16-22(32)25(18)33)13-15-30(7)24-17-27(4,19(2)31)11-10-26(24,3)12-14-29(23,30)6/h9,16,24,32-33H,8,10-15,17H2,1-7H3/t24-,26-,27-,28+,29-,30+/m1/s1/i8D/t8?,24-,26-,27-,28+,29-,30+. The maximum Gasteiger partial charge on any atom is 0.160 e. The number of phenols is 2. The molecule has 4 aliphatic rings. The van der Waals surface area contributed by atoms with E-state index in [1.54, 1.807) is 13.0 Å². The topological polar surface area (TPSA) is 57.5 Å². The molecule has 4 aliphatic carbocycles. The zero-order valence-corrected chi connectivity index (χ0v) is 21.6. The number of allylic oxidation sites excluding steroid dienone is 2. The van der Waals surface area contributed by atoms with Crippen LogP contribution in [0.1, 0.15) is 105 Å². The quantitative estimate of drug-likeness (QED) is 0.352. The van der Waals surface area contributed by atoms with Crippen molar-refractivity contribution < 1.29 is 16.4 Å². The second kappa shape index (κ2) is 6.67. The number of carbonyl (C=O) groups is 1. The molecule has 0 amide bonds. The number of Topliss-reactive ketones (excluding diaryl/α,β-unsaturated/α-hetero) is 1. The fourth-order valence-electron chi connectivity index (χ4n) is 8.79. The molecule has 3 nitrogen and oxygen atoms in total. The van der Waals surface area contributed by atoms with Crippen LogP contribution in [0.25, 0.3) is 0 Å². The van der Waals surface area contributed by atoms with E-state index in [9.17, 15) is 15.0 Å². The number of phenolic OH excluding ortho intramolecular Hbond substituents is 2. The normalized spacial score (nSPS) is 46.8. The molecule has 3 saturated carbocycles. The third-order valence-corrected chi connectivity index (χ3v) is 11.7. The molecule has 1 aromatic rings. The monoisotopic (exact) mass is 451 g/mol. The van der Waals surface area contributed by atoms with E-state index < -0.39 is 6.40 Å². The van der Waals surface area contributed by atoms with Gasteiger partial charge in [0.2, 0.25) is 0 Å². The highest BCUT2D eigenvalue weighted by Crippen LogP contribution is 2.74. The summed E-state index contributed by atoms with van der Waals surface area (Å²) in [6, 6.07) is 1.73. The molecular formula is C30H42O3. The van der Waals surface area contributed by atoms with E-state index in [2.05, 4.69) is 40.7 Å². The van der Waals surface area contributed by atoms with Gasteiger partial charge in [0.1, 0.15) is 5.78 Å². The molecule has 3 heteroatoms. The Morgan fingerprint density at radius 2 is 1.70 bits per heavy atom. The van der Waals surface area contributed by atoms with E-state index in [0.717, 1.165) is 56.1 Å². The summed E-state index contributed by atoms with van der Waals surface area (Å²) in [5, 5.41) is 20.9. The van der Waals surface area contributed by atoms with Crippen molar-refractivity contribution in [2.75, 3.05) is 0 Å². The lowest BCUT2D eigenvalue weighted by Crippen LogP contribution is -2.62. The number of hydrogen-bond donors (Lipinski definition) is 2. The van der Waals surface area contributed by atoms with Crippen LogP contribution in [-0.2, 0) is 16.6 Å². The van der Waals surface area contributed by atoms with Gasteiger partial charge in [-0.05, 0) is 110 Å². The molecule has 1 aromatic carbocycles. The number of ketones is 1. The van der Waals surface area contributed by atoms with Gasteiger partial charge < -0.3 is 10.2 Å². The largest absolute Gasteiger partial charge is 0.504 e. The lowest BCUT2D eigenvalue weighted by Gasteiger charge is -2.70. The van der Waals surface area contributed by atoms with Crippen LogP contribution in [0.2, 0.25) is 0 Å². The molecule has 0 radical (unpaired) electrons. The molecule has 0 spiro atoms. The molecule has 0 aromatic heterocycles. The maximum atomic E-state index is 12.7. The summed E-state index contributed by atoms with van der Waals surface area (Å²) in [5.74, 6) is 0.619. The van der Waals surface area contributed by atoms with E-state index in [4.69, 9.17) is 1.37 Å². The number of benzene rings is 1. The van der Waals surface area contributed by atoms with Crippen LogP contribution < -0.4 is 0 Å².